The van der Waals surface area contributed by atoms with Gasteiger partial charge in [0.2, 0.25) is 0 Å². The van der Waals surface area contributed by atoms with Crippen molar-refractivity contribution in [3.8, 4) is 0 Å². The second kappa shape index (κ2) is 16.3. The van der Waals surface area contributed by atoms with Gasteiger partial charge in [-0.3, -0.25) is 0 Å². The van der Waals surface area contributed by atoms with Gasteiger partial charge in [0.15, 0.2) is 0 Å². The van der Waals surface area contributed by atoms with Crippen LogP contribution in [0.5, 0.6) is 0 Å². The molecule has 14 heteroatoms. The van der Waals surface area contributed by atoms with Crippen LogP contribution in [0.25, 0.3) is 0 Å². The van der Waals surface area contributed by atoms with Crippen LogP contribution in [0, 0.1) is 0 Å². The molecule has 0 bridgehead atoms. The zero-order valence-corrected chi connectivity index (χ0v) is 19.3. The quantitative estimate of drug-likeness (QED) is 0.196. The first-order valence-corrected chi connectivity index (χ1v) is 9.56. The van der Waals surface area contributed by atoms with E-state index in [1.165, 1.54) is 64.0 Å². The summed E-state index contributed by atoms with van der Waals surface area (Å²) in [4.78, 5) is 0. The summed E-state index contributed by atoms with van der Waals surface area (Å²) in [5.41, 5.74) is 0. The van der Waals surface area contributed by atoms with E-state index >= 15 is 0 Å². The third kappa shape index (κ3) is 9.76. The minimum absolute atomic E-state index is 0. The van der Waals surface area contributed by atoms with Crippen molar-refractivity contribution in [2.45, 2.75) is 17.9 Å². The fourth-order valence-corrected chi connectivity index (χ4v) is 3.24. The van der Waals surface area contributed by atoms with Crippen molar-refractivity contribution in [3.63, 3.8) is 0 Å². The summed E-state index contributed by atoms with van der Waals surface area (Å²) in [7, 11) is 12.7. The van der Waals surface area contributed by atoms with Crippen molar-refractivity contribution in [3.05, 3.63) is 0 Å². The summed E-state index contributed by atoms with van der Waals surface area (Å²) in [6.07, 6.45) is 0. The Bertz CT molecular complexity index is 312. The van der Waals surface area contributed by atoms with Gasteiger partial charge in [0.05, 0.1) is 0 Å². The van der Waals surface area contributed by atoms with E-state index < -0.39 is 33.1 Å². The van der Waals surface area contributed by atoms with Gasteiger partial charge in [0.25, 0.3) is 0 Å². The molecule has 29 heavy (non-hydrogen) atoms. The summed E-state index contributed by atoms with van der Waals surface area (Å²) in [6.45, 7) is -0.437. The molecule has 0 fully saturated rings. The Morgan fingerprint density at radius 3 is 0.724 bits per heavy atom. The first-order chi connectivity index (χ1) is 13.3. The van der Waals surface area contributed by atoms with Gasteiger partial charge < -0.3 is 54.0 Å². The zero-order chi connectivity index (χ0) is 21.7. The average molecular weight is 440 g/mol. The van der Waals surface area contributed by atoms with Crippen LogP contribution in [0.3, 0.4) is 0 Å². The van der Waals surface area contributed by atoms with Gasteiger partial charge in [0, 0.05) is 64.0 Å². The Morgan fingerprint density at radius 2 is 0.586 bits per heavy atom. The monoisotopic (exact) mass is 440 g/mol. The van der Waals surface area contributed by atoms with Crippen molar-refractivity contribution in [1.29, 1.82) is 0 Å². The molecule has 0 heterocycles. The van der Waals surface area contributed by atoms with Crippen molar-refractivity contribution in [2.24, 2.45) is 0 Å². The topological polar surface area (TPSA) is 111 Å². The fourth-order valence-electron chi connectivity index (χ4n) is 1.93. The van der Waals surface area contributed by atoms with Gasteiger partial charge in [-0.25, -0.2) is 0 Å². The molecule has 0 aliphatic rings. The van der Waals surface area contributed by atoms with Crippen LogP contribution in [0.15, 0.2) is 0 Å². The Hall–Kier alpha value is 0.650. The molecule has 0 aliphatic heterocycles. The van der Waals surface area contributed by atoms with E-state index in [-0.39, 0.29) is 38.7 Å². The van der Waals surface area contributed by atoms with Gasteiger partial charge >= 0.3 is 51.9 Å². The van der Waals surface area contributed by atoms with Gasteiger partial charge in [-0.1, -0.05) is 0 Å². The maximum absolute atomic E-state index is 5.72. The van der Waals surface area contributed by atoms with Crippen LogP contribution in [0.2, 0.25) is 0 Å². The molecule has 0 aromatic rings. The molecular formula is C15H34AlLiO12. The van der Waals surface area contributed by atoms with Crippen LogP contribution < -0.4 is 0 Å². The molecule has 170 valence electrons. The number of ether oxygens (including phenoxy) is 9. The summed E-state index contributed by atoms with van der Waals surface area (Å²) >= 11 is -2.88. The van der Waals surface area contributed by atoms with E-state index in [0.717, 1.165) is 0 Å². The number of methoxy groups -OCH3 is 9. The van der Waals surface area contributed by atoms with Crippen molar-refractivity contribution >= 4 is 34.0 Å². The molecule has 0 rings (SSSR count). The Labute approximate surface area is 189 Å². The first kappa shape index (κ1) is 31.8. The summed E-state index contributed by atoms with van der Waals surface area (Å²) in [5.74, 6) is -4.29. The van der Waals surface area contributed by atoms with Crippen LogP contribution in [0.4, 0.5) is 0 Å². The summed E-state index contributed by atoms with van der Waals surface area (Å²) in [5, 5.41) is 0. The molecule has 0 aliphatic carbocycles. The van der Waals surface area contributed by atoms with Crippen molar-refractivity contribution in [1.82, 2.24) is 0 Å². The first-order valence-electron chi connectivity index (χ1n) is 8.15. The molecule has 12 nitrogen and oxygen atoms in total. The van der Waals surface area contributed by atoms with Gasteiger partial charge in [-0.2, -0.15) is 0 Å². The summed E-state index contributed by atoms with van der Waals surface area (Å²) in [6, 6.07) is 0. The molecule has 0 radical (unpaired) electrons. The molecule has 0 saturated heterocycles. The Morgan fingerprint density at radius 1 is 0.414 bits per heavy atom. The van der Waals surface area contributed by atoms with E-state index in [9.17, 15) is 0 Å². The second-order valence-electron chi connectivity index (χ2n) is 5.11. The standard InChI is InChI=1S/3C5H11O4.Al.Li.H/c3*1-7-5(4-6,8-2)9-3;;;/h3*4H2,1-3H3;;;/q3*-1;+3;;. The number of rotatable bonds is 18. The Balaban J connectivity index is 0. The van der Waals surface area contributed by atoms with Gasteiger partial charge in [-0.05, 0) is 0 Å². The molecule has 0 aromatic carbocycles. The summed E-state index contributed by atoms with van der Waals surface area (Å²) < 4.78 is 64.0. The minimum atomic E-state index is -2.88. The Kier molecular flexibility index (Phi) is 17.9. The van der Waals surface area contributed by atoms with Crippen LogP contribution in [-0.4, -0.2) is 136 Å². The van der Waals surface area contributed by atoms with Crippen LogP contribution >= 0.6 is 0 Å². The van der Waals surface area contributed by atoms with E-state index in [2.05, 4.69) is 0 Å². The van der Waals surface area contributed by atoms with Crippen LogP contribution in [-0.2, 0) is 54.0 Å². The third-order valence-corrected chi connectivity index (χ3v) is 5.30. The molecule has 0 spiro atoms. The molecular weight excluding hydrogens is 406 g/mol. The average Bonchev–Trinajstić information content (AvgIpc) is 2.76. The maximum atomic E-state index is 5.72. The molecule has 0 unspecified atom stereocenters. The fraction of sp³-hybridized carbons (Fsp3) is 1.00. The van der Waals surface area contributed by atoms with Gasteiger partial charge in [0.1, 0.15) is 19.8 Å². The predicted octanol–water partition coefficient (Wildman–Crippen LogP) is -0.848. The predicted molar refractivity (Wildman–Crippen MR) is 102 cm³/mol. The number of hydrogen-bond donors (Lipinski definition) is 0. The zero-order valence-electron chi connectivity index (χ0n) is 18.1. The van der Waals surface area contributed by atoms with Crippen LogP contribution in [0.1, 0.15) is 0 Å². The van der Waals surface area contributed by atoms with Crippen molar-refractivity contribution in [2.75, 3.05) is 83.8 Å². The van der Waals surface area contributed by atoms with E-state index in [1.54, 1.807) is 0 Å². The SMILES string of the molecule is COC(C[O][Al]([O]CC(OC)(OC)OC)[O]CC(OC)(OC)OC)(OC)OC.[LiH]. The second-order valence-corrected chi connectivity index (χ2v) is 6.69. The molecule has 0 aromatic heterocycles. The van der Waals surface area contributed by atoms with E-state index in [1.807, 2.05) is 0 Å². The van der Waals surface area contributed by atoms with E-state index in [0.29, 0.717) is 0 Å². The van der Waals surface area contributed by atoms with Gasteiger partial charge in [-0.15, -0.1) is 0 Å². The normalized spacial score (nSPS) is 12.7. The van der Waals surface area contributed by atoms with E-state index in [4.69, 9.17) is 54.0 Å². The molecule has 0 N–H and O–H groups in total. The number of hydrogen-bond acceptors (Lipinski definition) is 12. The molecule has 0 amide bonds. The molecule has 0 atom stereocenters. The molecule has 0 saturated carbocycles. The third-order valence-electron chi connectivity index (χ3n) is 3.99. The van der Waals surface area contributed by atoms with Crippen molar-refractivity contribution < 1.29 is 54.0 Å².